The molecule has 1 saturated carbocycles. The zero-order chi connectivity index (χ0) is 28.7. The fourth-order valence-corrected chi connectivity index (χ4v) is 5.90. The highest BCUT2D eigenvalue weighted by atomic mass is 32.2. The highest BCUT2D eigenvalue weighted by Crippen LogP contribution is 2.55. The normalized spacial score (nSPS) is 16.3. The molecule has 1 spiro atoms. The van der Waals surface area contributed by atoms with Crippen molar-refractivity contribution in [2.75, 3.05) is 38.7 Å². The molecule has 3 heterocycles. The molecular formula is C27H30F3N5O4S. The Bertz CT molecular complexity index is 1520. The van der Waals surface area contributed by atoms with Crippen molar-refractivity contribution >= 4 is 33.4 Å². The van der Waals surface area contributed by atoms with Crippen LogP contribution in [-0.4, -0.2) is 69.2 Å². The highest BCUT2D eigenvalue weighted by Gasteiger charge is 2.54. The number of hydrogen-bond donors (Lipinski definition) is 2. The minimum Gasteiger partial charge on any atom is -0.477 e. The van der Waals surface area contributed by atoms with Gasteiger partial charge >= 0.3 is 6.18 Å². The Kier molecular flexibility index (Phi) is 7.73. The summed E-state index contributed by atoms with van der Waals surface area (Å²) in [4.78, 5) is 25.0. The average Bonchev–Trinajstić information content (AvgIpc) is 3.11. The van der Waals surface area contributed by atoms with Crippen LogP contribution in [0.4, 0.5) is 18.9 Å². The number of hydrogen-bond acceptors (Lipinski definition) is 7. The van der Waals surface area contributed by atoms with Gasteiger partial charge in [-0.25, -0.2) is 18.1 Å². The van der Waals surface area contributed by atoms with E-state index in [1.165, 1.54) is 7.05 Å². The van der Waals surface area contributed by atoms with Crippen LogP contribution in [0.3, 0.4) is 0 Å². The summed E-state index contributed by atoms with van der Waals surface area (Å²) in [6.07, 6.45) is 2.01. The predicted octanol–water partition coefficient (Wildman–Crippen LogP) is 3.57. The molecule has 5 rings (SSSR count). The van der Waals surface area contributed by atoms with Gasteiger partial charge in [0.15, 0.2) is 0 Å². The fraction of sp³-hybridized carbons (Fsp3) is 0.444. The van der Waals surface area contributed by atoms with Crippen molar-refractivity contribution in [1.29, 1.82) is 0 Å². The number of rotatable bonds is 10. The van der Waals surface area contributed by atoms with E-state index < -0.39 is 29.0 Å². The number of fused-ring (bicyclic) bond motifs is 4. The minimum absolute atomic E-state index is 0.0597. The summed E-state index contributed by atoms with van der Waals surface area (Å²) in [6, 6.07) is 7.56. The van der Waals surface area contributed by atoms with E-state index in [2.05, 4.69) is 14.7 Å². The van der Waals surface area contributed by atoms with Gasteiger partial charge in [-0.2, -0.15) is 13.2 Å². The number of anilines is 1. The molecule has 1 fully saturated rings. The largest absolute Gasteiger partial charge is 0.477 e. The number of amides is 1. The van der Waals surface area contributed by atoms with Gasteiger partial charge in [0.2, 0.25) is 22.7 Å². The molecule has 0 atom stereocenters. The Hall–Kier alpha value is -3.29. The van der Waals surface area contributed by atoms with Crippen LogP contribution in [0.15, 0.2) is 36.7 Å². The van der Waals surface area contributed by atoms with Crippen LogP contribution in [0.5, 0.6) is 5.88 Å². The first-order chi connectivity index (χ1) is 19.0. The number of pyridine rings is 2. The number of carbonyl (C=O) groups is 1. The van der Waals surface area contributed by atoms with Gasteiger partial charge in [0.05, 0.1) is 36.0 Å². The maximum Gasteiger partial charge on any atom is 0.401 e. The lowest BCUT2D eigenvalue weighted by Crippen LogP contribution is -2.43. The topological polar surface area (TPSA) is 105 Å². The predicted molar refractivity (Wildman–Crippen MR) is 145 cm³/mol. The average molecular weight is 578 g/mol. The number of aromatic nitrogens is 2. The molecule has 2 aromatic heterocycles. The van der Waals surface area contributed by atoms with Crippen LogP contribution in [0, 0.1) is 0 Å². The molecule has 1 aliphatic heterocycles. The van der Waals surface area contributed by atoms with E-state index in [9.17, 15) is 26.4 Å². The van der Waals surface area contributed by atoms with Crippen molar-refractivity contribution in [2.24, 2.45) is 0 Å². The van der Waals surface area contributed by atoms with Gasteiger partial charge in [0.25, 0.3) is 0 Å². The van der Waals surface area contributed by atoms with Crippen LogP contribution < -0.4 is 14.4 Å². The van der Waals surface area contributed by atoms with E-state index >= 15 is 0 Å². The maximum absolute atomic E-state index is 13.1. The summed E-state index contributed by atoms with van der Waals surface area (Å²) in [6.45, 7) is -0.786. The van der Waals surface area contributed by atoms with Crippen molar-refractivity contribution in [1.82, 2.24) is 19.6 Å². The van der Waals surface area contributed by atoms with Gasteiger partial charge in [-0.15, -0.1) is 0 Å². The highest BCUT2D eigenvalue weighted by molar-refractivity contribution is 7.70. The Labute approximate surface area is 231 Å². The summed E-state index contributed by atoms with van der Waals surface area (Å²) < 4.78 is 68.2. The fourth-order valence-electron chi connectivity index (χ4n) is 5.60. The molecule has 0 bridgehead atoms. The second-order valence-corrected chi connectivity index (χ2v) is 11.2. The standard InChI is InChI=1S/C27H30F3N5O4S/c1-34(16-27(28,29)30)9-4-10-39-24-19(14-33-40(37)38)11-18(13-32-24)17-5-6-21-20(12-17)23-22(15-31-21)35(2)25(36)26(23)7-3-8-26/h5-6,11-13,15,40H,3-4,7-10,14,16H2,1-2H3,(H,33,37,38). The van der Waals surface area contributed by atoms with Gasteiger partial charge in [-0.1, -0.05) is 12.5 Å². The Morgan fingerprint density at radius 2 is 1.93 bits per heavy atom. The van der Waals surface area contributed by atoms with Crippen molar-refractivity contribution in [3.05, 3.63) is 47.8 Å². The van der Waals surface area contributed by atoms with Crippen LogP contribution in [-0.2, 0) is 27.6 Å². The summed E-state index contributed by atoms with van der Waals surface area (Å²) in [5, 5.41) is 0.901. The number of thiol groups is 1. The Morgan fingerprint density at radius 1 is 1.15 bits per heavy atom. The number of nitrogens with one attached hydrogen (secondary N) is 1. The molecule has 1 aromatic carbocycles. The van der Waals surface area contributed by atoms with Crippen molar-refractivity contribution in [3.8, 4) is 17.0 Å². The molecule has 0 unspecified atom stereocenters. The van der Waals surface area contributed by atoms with E-state index in [-0.39, 0.29) is 31.5 Å². The first-order valence-corrected chi connectivity index (χ1v) is 14.1. The summed E-state index contributed by atoms with van der Waals surface area (Å²) in [7, 11) is 0.294. The first kappa shape index (κ1) is 28.2. The van der Waals surface area contributed by atoms with Crippen molar-refractivity contribution in [2.45, 2.75) is 43.8 Å². The van der Waals surface area contributed by atoms with Crippen LogP contribution in [0.1, 0.15) is 36.8 Å². The molecule has 40 heavy (non-hydrogen) atoms. The van der Waals surface area contributed by atoms with E-state index in [1.807, 2.05) is 18.2 Å². The molecule has 0 saturated heterocycles. The maximum atomic E-state index is 13.1. The van der Waals surface area contributed by atoms with E-state index in [0.717, 1.165) is 57.4 Å². The summed E-state index contributed by atoms with van der Waals surface area (Å²) in [5.41, 5.74) is 4.12. The quantitative estimate of drug-likeness (QED) is 0.281. The number of ether oxygens (including phenoxy) is 1. The number of likely N-dealkylation sites (N-methyl/N-ethyl adjacent to an activating group) is 1. The molecule has 0 radical (unpaired) electrons. The van der Waals surface area contributed by atoms with Gasteiger partial charge < -0.3 is 9.64 Å². The van der Waals surface area contributed by atoms with Crippen molar-refractivity contribution < 1.29 is 31.1 Å². The second-order valence-electron chi connectivity index (χ2n) is 10.4. The summed E-state index contributed by atoms with van der Waals surface area (Å²) in [5.74, 6) is 0.303. The molecule has 2 aliphatic rings. The lowest BCUT2D eigenvalue weighted by Gasteiger charge is -2.37. The van der Waals surface area contributed by atoms with E-state index in [4.69, 9.17) is 4.74 Å². The Morgan fingerprint density at radius 3 is 2.60 bits per heavy atom. The Balaban J connectivity index is 1.41. The van der Waals surface area contributed by atoms with E-state index in [1.54, 1.807) is 30.4 Å². The third-order valence-electron chi connectivity index (χ3n) is 7.64. The molecular weight excluding hydrogens is 547 g/mol. The van der Waals surface area contributed by atoms with Gasteiger partial charge in [-0.3, -0.25) is 14.7 Å². The number of carbonyl (C=O) groups excluding carboxylic acids is 1. The van der Waals surface area contributed by atoms with Gasteiger partial charge in [-0.05, 0) is 50.1 Å². The lowest BCUT2D eigenvalue weighted by molar-refractivity contribution is -0.143. The molecule has 1 N–H and O–H groups in total. The van der Waals surface area contributed by atoms with E-state index in [0.29, 0.717) is 12.0 Å². The first-order valence-electron chi connectivity index (χ1n) is 13.0. The third-order valence-corrected chi connectivity index (χ3v) is 8.05. The van der Waals surface area contributed by atoms with Crippen molar-refractivity contribution in [3.63, 3.8) is 0 Å². The number of benzene rings is 1. The molecule has 9 nitrogen and oxygen atoms in total. The second kappa shape index (κ2) is 10.9. The molecule has 1 aliphatic carbocycles. The zero-order valence-electron chi connectivity index (χ0n) is 22.1. The molecule has 3 aromatic rings. The zero-order valence-corrected chi connectivity index (χ0v) is 23.0. The lowest BCUT2D eigenvalue weighted by atomic mass is 9.64. The van der Waals surface area contributed by atoms with Gasteiger partial charge in [0, 0.05) is 48.4 Å². The SMILES string of the molecule is CN(CCCOc1ncc(-c2ccc3ncc4c(c3c2)C2(CCC2)C(=O)N4C)cc1CN[SH](=O)=O)CC(F)(F)F. The molecule has 214 valence electrons. The number of halogens is 3. The van der Waals surface area contributed by atoms with Crippen LogP contribution >= 0.6 is 0 Å². The monoisotopic (exact) mass is 577 g/mol. The van der Waals surface area contributed by atoms with Crippen LogP contribution in [0.25, 0.3) is 22.0 Å². The smallest absolute Gasteiger partial charge is 0.401 e. The van der Waals surface area contributed by atoms with Gasteiger partial charge in [0.1, 0.15) is 0 Å². The third kappa shape index (κ3) is 5.50. The van der Waals surface area contributed by atoms with Crippen LogP contribution in [0.2, 0.25) is 0 Å². The molecule has 1 amide bonds. The summed E-state index contributed by atoms with van der Waals surface area (Å²) >= 11 is 0. The number of alkyl halides is 3. The number of nitrogens with zero attached hydrogens (tertiary/aromatic N) is 4. The molecule has 13 heteroatoms. The minimum atomic E-state index is -4.27.